The Kier molecular flexibility index (Phi) is 7.28. The van der Waals surface area contributed by atoms with Crippen LogP contribution in [0.4, 0.5) is 14.6 Å². The number of aromatic nitrogens is 2. The lowest BCUT2D eigenvalue weighted by atomic mass is 9.95. The molecule has 6 nitrogen and oxygen atoms in total. The van der Waals surface area contributed by atoms with Crippen molar-refractivity contribution in [2.24, 2.45) is 11.8 Å². The molecular weight excluding hydrogens is 594 g/mol. The van der Waals surface area contributed by atoms with E-state index in [0.29, 0.717) is 41.3 Å². The van der Waals surface area contributed by atoms with E-state index in [9.17, 15) is 4.39 Å². The van der Waals surface area contributed by atoms with Crippen LogP contribution in [0, 0.1) is 24.6 Å². The third kappa shape index (κ3) is 4.98. The van der Waals surface area contributed by atoms with Gasteiger partial charge in [0.05, 0.1) is 10.0 Å². The summed E-state index contributed by atoms with van der Waals surface area (Å²) in [6.07, 6.45) is 4.03. The lowest BCUT2D eigenvalue weighted by molar-refractivity contribution is 0.107. The molecule has 3 aliphatic heterocycles. The Labute approximate surface area is 246 Å². The van der Waals surface area contributed by atoms with E-state index < -0.39 is 20.3 Å². The smallest absolute Gasteiger partial charge is 0.319 e. The van der Waals surface area contributed by atoms with E-state index in [1.54, 1.807) is 0 Å². The molecule has 4 heterocycles. The maximum atomic E-state index is 15.6. The fraction of sp³-hybridized carbons (Fsp3) is 0.733. The molecule has 0 spiro atoms. The van der Waals surface area contributed by atoms with Gasteiger partial charge < -0.3 is 14.1 Å². The molecule has 1 saturated carbocycles. The fourth-order valence-electron chi connectivity index (χ4n) is 7.33. The Balaban J connectivity index is 1.31. The van der Waals surface area contributed by atoms with Gasteiger partial charge in [-0.1, -0.05) is 20.8 Å². The van der Waals surface area contributed by atoms with Crippen molar-refractivity contribution < 1.29 is 17.9 Å². The van der Waals surface area contributed by atoms with Gasteiger partial charge in [-0.25, -0.2) is 8.78 Å². The molecule has 40 heavy (non-hydrogen) atoms. The topological polar surface area (TPSA) is 50.7 Å². The van der Waals surface area contributed by atoms with Crippen molar-refractivity contribution in [1.82, 2.24) is 14.9 Å². The number of benzene rings is 1. The number of anilines is 1. The number of alkyl halides is 1. The van der Waals surface area contributed by atoms with E-state index in [1.807, 2.05) is 13.0 Å². The Bertz CT molecular complexity index is 1310. The number of aryl methyl sites for hydroxylation is 1. The fourth-order valence-corrected chi connectivity index (χ4v) is 9.03. The van der Waals surface area contributed by atoms with Gasteiger partial charge in [-0.3, -0.25) is 4.90 Å². The van der Waals surface area contributed by atoms with Crippen LogP contribution in [0.2, 0.25) is 18.1 Å². The van der Waals surface area contributed by atoms with Crippen LogP contribution in [0.15, 0.2) is 10.5 Å². The quantitative estimate of drug-likeness (QED) is 0.317. The molecule has 1 aromatic heterocycles. The molecule has 1 aliphatic carbocycles. The highest BCUT2D eigenvalue weighted by Gasteiger charge is 2.50. The lowest BCUT2D eigenvalue weighted by Gasteiger charge is -2.40. The van der Waals surface area contributed by atoms with Crippen LogP contribution < -0.4 is 9.64 Å². The number of piperidine rings is 1. The zero-order chi connectivity index (χ0) is 28.6. The molecule has 220 valence electrons. The first-order chi connectivity index (χ1) is 18.8. The second-order valence-corrected chi connectivity index (χ2v) is 19.9. The number of hydrogen-bond acceptors (Lipinski definition) is 6. The maximum absolute atomic E-state index is 15.6. The minimum Gasteiger partial charge on any atom is -0.461 e. The van der Waals surface area contributed by atoms with Crippen LogP contribution in [-0.2, 0) is 4.43 Å². The Morgan fingerprint density at radius 3 is 2.70 bits per heavy atom. The largest absolute Gasteiger partial charge is 0.461 e. The van der Waals surface area contributed by atoms with Gasteiger partial charge in [0.25, 0.3) is 0 Å². The van der Waals surface area contributed by atoms with Crippen molar-refractivity contribution in [2.45, 2.75) is 95.7 Å². The number of nitrogens with zero attached hydrogens (tertiary/aromatic N) is 4. The monoisotopic (exact) mass is 636 g/mol. The third-order valence-corrected chi connectivity index (χ3v) is 15.9. The summed E-state index contributed by atoms with van der Waals surface area (Å²) in [5, 5.41) is 0.871. The summed E-state index contributed by atoms with van der Waals surface area (Å²) in [7, 11) is -1.89. The summed E-state index contributed by atoms with van der Waals surface area (Å²) >= 11 is 3.41. The average molecular weight is 638 g/mol. The molecular formula is C30H43BrF2N4O2Si. The number of hydrogen-bond donors (Lipinski definition) is 0. The highest BCUT2D eigenvalue weighted by atomic mass is 79.9. The SMILES string of the molecule is Cc1cc2c(N3C[C@@H]4C[C@H](C3)[C@H](O[Si](C)(C)C(C)(C)C)C4)nc(OC[C@@]34CCCN3C[C@H](F)C4)nc2c(F)c1Br. The molecule has 4 aliphatic rings. The lowest BCUT2D eigenvalue weighted by Crippen LogP contribution is -2.46. The van der Waals surface area contributed by atoms with Crippen LogP contribution in [0.3, 0.4) is 0 Å². The number of rotatable bonds is 6. The number of ether oxygens (including phenoxy) is 1. The van der Waals surface area contributed by atoms with Crippen LogP contribution in [0.25, 0.3) is 10.9 Å². The van der Waals surface area contributed by atoms with Crippen molar-refractivity contribution in [1.29, 1.82) is 0 Å². The Hall–Kier alpha value is -1.36. The van der Waals surface area contributed by atoms with E-state index in [0.717, 1.165) is 56.7 Å². The molecule has 5 atom stereocenters. The van der Waals surface area contributed by atoms with E-state index in [-0.39, 0.29) is 28.2 Å². The van der Waals surface area contributed by atoms with Gasteiger partial charge >= 0.3 is 6.01 Å². The second kappa shape index (κ2) is 10.1. The standard InChI is InChI=1S/C30H43BrF2N4O2Si/c1-18-10-22-26(25(33)24(18)31)34-28(38-17-30-8-7-9-37(30)16-21(32)13-30)35-27(22)36-14-19-11-20(15-36)23(12-19)39-40(5,6)29(2,3)4/h10,19-21,23H,7-9,11-17H2,1-6H3/t19-,20-,21-,23-,30+/m1/s1. The Morgan fingerprint density at radius 1 is 1.18 bits per heavy atom. The van der Waals surface area contributed by atoms with Gasteiger partial charge in [-0.05, 0) is 90.8 Å². The number of fused-ring (bicyclic) bond motifs is 4. The zero-order valence-electron chi connectivity index (χ0n) is 24.7. The highest BCUT2D eigenvalue weighted by molar-refractivity contribution is 9.10. The molecule has 1 aromatic carbocycles. The highest BCUT2D eigenvalue weighted by Crippen LogP contribution is 2.46. The van der Waals surface area contributed by atoms with Crippen LogP contribution >= 0.6 is 15.9 Å². The van der Waals surface area contributed by atoms with Crippen molar-refractivity contribution in [3.8, 4) is 6.01 Å². The summed E-state index contributed by atoms with van der Waals surface area (Å²) in [4.78, 5) is 14.0. The Morgan fingerprint density at radius 2 is 1.95 bits per heavy atom. The van der Waals surface area contributed by atoms with E-state index >= 15 is 4.39 Å². The summed E-state index contributed by atoms with van der Waals surface area (Å²) < 4.78 is 43.6. The predicted octanol–water partition coefficient (Wildman–Crippen LogP) is 7.03. The van der Waals surface area contributed by atoms with Gasteiger partial charge in [0, 0.05) is 43.5 Å². The molecule has 4 fully saturated rings. The van der Waals surface area contributed by atoms with Crippen LogP contribution in [-0.4, -0.2) is 73.8 Å². The molecule has 0 amide bonds. The molecule has 2 bridgehead atoms. The average Bonchev–Trinajstić information content (AvgIpc) is 3.49. The molecule has 0 N–H and O–H groups in total. The predicted molar refractivity (Wildman–Crippen MR) is 161 cm³/mol. The van der Waals surface area contributed by atoms with Crippen LogP contribution in [0.1, 0.15) is 58.4 Å². The van der Waals surface area contributed by atoms with Gasteiger partial charge in [-0.2, -0.15) is 9.97 Å². The normalized spacial score (nSPS) is 30.9. The zero-order valence-corrected chi connectivity index (χ0v) is 27.3. The van der Waals surface area contributed by atoms with Crippen molar-refractivity contribution in [2.75, 3.05) is 37.7 Å². The maximum Gasteiger partial charge on any atom is 0.319 e. The van der Waals surface area contributed by atoms with Gasteiger partial charge in [-0.15, -0.1) is 0 Å². The summed E-state index contributed by atoms with van der Waals surface area (Å²) in [5.41, 5.74) is 0.756. The van der Waals surface area contributed by atoms with Gasteiger partial charge in [0.15, 0.2) is 14.1 Å². The minimum absolute atomic E-state index is 0.163. The molecule has 0 radical (unpaired) electrons. The summed E-state index contributed by atoms with van der Waals surface area (Å²) in [6.45, 7) is 16.8. The van der Waals surface area contributed by atoms with E-state index in [2.05, 4.69) is 64.6 Å². The van der Waals surface area contributed by atoms with Crippen molar-refractivity contribution >= 4 is 41.0 Å². The molecule has 0 unspecified atom stereocenters. The summed E-state index contributed by atoms with van der Waals surface area (Å²) in [6, 6.07) is 2.15. The van der Waals surface area contributed by atoms with Crippen molar-refractivity contribution in [3.05, 3.63) is 21.9 Å². The third-order valence-electron chi connectivity index (χ3n) is 10.5. The molecule has 10 heteroatoms. The number of halogens is 3. The molecule has 3 saturated heterocycles. The van der Waals surface area contributed by atoms with Gasteiger partial charge in [0.2, 0.25) is 0 Å². The molecule has 2 aromatic rings. The molecule has 6 rings (SSSR count). The summed E-state index contributed by atoms with van der Waals surface area (Å²) in [5.74, 6) is 1.26. The minimum atomic E-state index is -1.89. The first-order valence-corrected chi connectivity index (χ1v) is 18.6. The first-order valence-electron chi connectivity index (χ1n) is 14.9. The van der Waals surface area contributed by atoms with E-state index in [1.165, 1.54) is 0 Å². The van der Waals surface area contributed by atoms with Crippen LogP contribution in [0.5, 0.6) is 6.01 Å². The first kappa shape index (κ1) is 28.7. The van der Waals surface area contributed by atoms with Crippen molar-refractivity contribution in [3.63, 3.8) is 0 Å². The second-order valence-electron chi connectivity index (χ2n) is 14.3. The van der Waals surface area contributed by atoms with E-state index in [4.69, 9.17) is 14.1 Å². The van der Waals surface area contributed by atoms with Gasteiger partial charge in [0.1, 0.15) is 24.1 Å².